The summed E-state index contributed by atoms with van der Waals surface area (Å²) in [5, 5.41) is 9.56. The normalized spacial score (nSPS) is 15.6. The third-order valence-electron chi connectivity index (χ3n) is 3.95. The Morgan fingerprint density at radius 1 is 1.11 bits per heavy atom. The highest BCUT2D eigenvalue weighted by atomic mass is 15.0. The fourth-order valence-electron chi connectivity index (χ4n) is 2.60. The number of hydrogen-bond acceptors (Lipinski definition) is 2. The lowest BCUT2D eigenvalue weighted by Gasteiger charge is -2.27. The third kappa shape index (κ3) is 3.14. The lowest BCUT2D eigenvalue weighted by Crippen LogP contribution is -2.47. The first-order valence-corrected chi connectivity index (χ1v) is 7.22. The van der Waals surface area contributed by atoms with Crippen LogP contribution >= 0.6 is 0 Å². The summed E-state index contributed by atoms with van der Waals surface area (Å²) in [5.41, 5.74) is 2.76. The van der Waals surface area contributed by atoms with Crippen LogP contribution in [0.5, 0.6) is 0 Å². The highest BCUT2D eigenvalue weighted by Crippen LogP contribution is 2.17. The standard InChI is InChI=1S/C17H22N2/c1-13-2-4-17-9-14(3-5-16(17)8-13)6-7-18-10-15-11-19-12-15/h2-5,8-9,15,18-19H,6-7,10-12H2,1H3. The largest absolute Gasteiger partial charge is 0.316 e. The van der Waals surface area contributed by atoms with E-state index in [1.165, 1.54) is 35.0 Å². The fourth-order valence-corrected chi connectivity index (χ4v) is 2.60. The average Bonchev–Trinajstić information content (AvgIpc) is 2.36. The van der Waals surface area contributed by atoms with Crippen LogP contribution in [0.4, 0.5) is 0 Å². The molecule has 19 heavy (non-hydrogen) atoms. The fraction of sp³-hybridized carbons (Fsp3) is 0.412. The SMILES string of the molecule is Cc1ccc2cc(CCNCC3CNC3)ccc2c1. The van der Waals surface area contributed by atoms with E-state index in [2.05, 4.69) is 54.0 Å². The van der Waals surface area contributed by atoms with E-state index >= 15 is 0 Å². The van der Waals surface area contributed by atoms with Crippen molar-refractivity contribution in [1.29, 1.82) is 0 Å². The Morgan fingerprint density at radius 2 is 1.89 bits per heavy atom. The number of benzene rings is 2. The van der Waals surface area contributed by atoms with E-state index < -0.39 is 0 Å². The molecule has 1 fully saturated rings. The first kappa shape index (κ1) is 12.6. The van der Waals surface area contributed by atoms with Crippen LogP contribution in [0.15, 0.2) is 36.4 Å². The number of nitrogens with one attached hydrogen (secondary N) is 2. The van der Waals surface area contributed by atoms with E-state index in [4.69, 9.17) is 0 Å². The quantitative estimate of drug-likeness (QED) is 0.801. The number of aryl methyl sites for hydroxylation is 1. The van der Waals surface area contributed by atoms with Gasteiger partial charge in [-0.1, -0.05) is 42.0 Å². The molecule has 1 aliphatic heterocycles. The maximum Gasteiger partial charge on any atom is 0.000394 e. The number of rotatable bonds is 5. The molecule has 0 aliphatic carbocycles. The minimum atomic E-state index is 0.847. The third-order valence-corrected chi connectivity index (χ3v) is 3.95. The van der Waals surface area contributed by atoms with E-state index in [0.717, 1.165) is 25.4 Å². The van der Waals surface area contributed by atoms with Gasteiger partial charge in [-0.2, -0.15) is 0 Å². The van der Waals surface area contributed by atoms with E-state index in [0.29, 0.717) is 0 Å². The maximum absolute atomic E-state index is 3.55. The minimum Gasteiger partial charge on any atom is -0.316 e. The van der Waals surface area contributed by atoms with E-state index in [1.54, 1.807) is 0 Å². The molecule has 1 aliphatic rings. The summed E-state index contributed by atoms with van der Waals surface area (Å²) < 4.78 is 0. The Hall–Kier alpha value is -1.38. The minimum absolute atomic E-state index is 0.847. The van der Waals surface area contributed by atoms with Gasteiger partial charge in [-0.3, -0.25) is 0 Å². The zero-order valence-electron chi connectivity index (χ0n) is 11.6. The van der Waals surface area contributed by atoms with Gasteiger partial charge in [0, 0.05) is 19.6 Å². The van der Waals surface area contributed by atoms with Crippen molar-refractivity contribution < 1.29 is 0 Å². The van der Waals surface area contributed by atoms with Crippen molar-refractivity contribution in [2.45, 2.75) is 13.3 Å². The second-order valence-corrected chi connectivity index (χ2v) is 5.66. The molecule has 0 amide bonds. The van der Waals surface area contributed by atoms with Crippen molar-refractivity contribution in [3.63, 3.8) is 0 Å². The van der Waals surface area contributed by atoms with Crippen molar-refractivity contribution in [2.75, 3.05) is 26.2 Å². The van der Waals surface area contributed by atoms with Gasteiger partial charge in [0.1, 0.15) is 0 Å². The molecule has 1 saturated heterocycles. The molecule has 1 heterocycles. The molecule has 0 aromatic heterocycles. The molecule has 0 bridgehead atoms. The van der Waals surface area contributed by atoms with E-state index in [1.807, 2.05) is 0 Å². The topological polar surface area (TPSA) is 24.1 Å². The Balaban J connectivity index is 1.56. The van der Waals surface area contributed by atoms with Crippen LogP contribution in [0.25, 0.3) is 10.8 Å². The lowest BCUT2D eigenvalue weighted by molar-refractivity contribution is 0.333. The van der Waals surface area contributed by atoms with E-state index in [9.17, 15) is 0 Å². The van der Waals surface area contributed by atoms with Crippen molar-refractivity contribution in [3.05, 3.63) is 47.5 Å². The predicted octanol–water partition coefficient (Wildman–Crippen LogP) is 2.50. The van der Waals surface area contributed by atoms with E-state index in [-0.39, 0.29) is 0 Å². The zero-order valence-corrected chi connectivity index (χ0v) is 11.6. The smallest absolute Gasteiger partial charge is 0.000394 e. The van der Waals surface area contributed by atoms with Gasteiger partial charge in [-0.15, -0.1) is 0 Å². The number of hydrogen-bond donors (Lipinski definition) is 2. The van der Waals surface area contributed by atoms with Gasteiger partial charge in [0.15, 0.2) is 0 Å². The molecule has 2 aromatic rings. The van der Waals surface area contributed by atoms with Gasteiger partial charge < -0.3 is 10.6 Å². The average molecular weight is 254 g/mol. The highest BCUT2D eigenvalue weighted by Gasteiger charge is 2.15. The summed E-state index contributed by atoms with van der Waals surface area (Å²) in [5.74, 6) is 0.847. The Bertz CT molecular complexity index is 558. The molecule has 0 atom stereocenters. The Labute approximate surface area is 115 Å². The molecule has 2 heteroatoms. The first-order valence-electron chi connectivity index (χ1n) is 7.22. The number of fused-ring (bicyclic) bond motifs is 1. The summed E-state index contributed by atoms with van der Waals surface area (Å²) in [4.78, 5) is 0. The molecular weight excluding hydrogens is 232 g/mol. The van der Waals surface area contributed by atoms with Gasteiger partial charge in [-0.25, -0.2) is 0 Å². The Morgan fingerprint density at radius 3 is 2.68 bits per heavy atom. The molecular formula is C17H22N2. The van der Waals surface area contributed by atoms with Crippen molar-refractivity contribution >= 4 is 10.8 Å². The van der Waals surface area contributed by atoms with Gasteiger partial charge in [0.25, 0.3) is 0 Å². The van der Waals surface area contributed by atoms with Crippen molar-refractivity contribution in [3.8, 4) is 0 Å². The van der Waals surface area contributed by atoms with Crippen LogP contribution in [-0.2, 0) is 6.42 Å². The first-order chi connectivity index (χ1) is 9.31. The Kier molecular flexibility index (Phi) is 3.81. The molecule has 3 rings (SSSR count). The molecule has 2 nitrogen and oxygen atoms in total. The van der Waals surface area contributed by atoms with Crippen LogP contribution in [0.3, 0.4) is 0 Å². The predicted molar refractivity (Wildman–Crippen MR) is 81.6 cm³/mol. The highest BCUT2D eigenvalue weighted by molar-refractivity contribution is 5.83. The molecule has 2 aromatic carbocycles. The van der Waals surface area contributed by atoms with Crippen LogP contribution in [0, 0.1) is 12.8 Å². The second kappa shape index (κ2) is 5.72. The van der Waals surface area contributed by atoms with Crippen molar-refractivity contribution in [2.24, 2.45) is 5.92 Å². The second-order valence-electron chi connectivity index (χ2n) is 5.66. The summed E-state index contributed by atoms with van der Waals surface area (Å²) in [6.45, 7) is 6.74. The molecule has 100 valence electrons. The summed E-state index contributed by atoms with van der Waals surface area (Å²) in [7, 11) is 0. The van der Waals surface area contributed by atoms with Crippen LogP contribution < -0.4 is 10.6 Å². The molecule has 0 unspecified atom stereocenters. The van der Waals surface area contributed by atoms with Crippen LogP contribution in [-0.4, -0.2) is 26.2 Å². The van der Waals surface area contributed by atoms with Gasteiger partial charge in [-0.05, 0) is 42.1 Å². The molecule has 0 saturated carbocycles. The zero-order chi connectivity index (χ0) is 13.1. The van der Waals surface area contributed by atoms with Crippen molar-refractivity contribution in [1.82, 2.24) is 10.6 Å². The van der Waals surface area contributed by atoms with Crippen LogP contribution in [0.1, 0.15) is 11.1 Å². The molecule has 2 N–H and O–H groups in total. The van der Waals surface area contributed by atoms with Gasteiger partial charge >= 0.3 is 0 Å². The van der Waals surface area contributed by atoms with Gasteiger partial charge in [0.05, 0.1) is 0 Å². The monoisotopic (exact) mass is 254 g/mol. The summed E-state index contributed by atoms with van der Waals surface area (Å²) in [6, 6.07) is 13.5. The summed E-state index contributed by atoms with van der Waals surface area (Å²) >= 11 is 0. The lowest BCUT2D eigenvalue weighted by atomic mass is 10.0. The maximum atomic E-state index is 3.55. The summed E-state index contributed by atoms with van der Waals surface area (Å²) in [6.07, 6.45) is 1.12. The molecule has 0 radical (unpaired) electrons. The van der Waals surface area contributed by atoms with Crippen LogP contribution in [0.2, 0.25) is 0 Å². The molecule has 0 spiro atoms. The van der Waals surface area contributed by atoms with Gasteiger partial charge in [0.2, 0.25) is 0 Å².